The molecule has 1 N–H and O–H groups in total. The third-order valence-corrected chi connectivity index (χ3v) is 4.20. The second kappa shape index (κ2) is 6.36. The van der Waals surface area contributed by atoms with Gasteiger partial charge in [-0.15, -0.1) is 0 Å². The summed E-state index contributed by atoms with van der Waals surface area (Å²) in [7, 11) is 1.69. The van der Waals surface area contributed by atoms with Crippen molar-refractivity contribution in [3.8, 4) is 5.75 Å². The van der Waals surface area contributed by atoms with E-state index in [1.807, 2.05) is 24.4 Å². The molecule has 0 aliphatic carbocycles. The van der Waals surface area contributed by atoms with E-state index in [1.165, 1.54) is 0 Å². The molecule has 1 aromatic carbocycles. The standard InChI is InChI=1S/C16H17BrN4O/c1-3-13(11-6-4-5-7-14(11)22-2)20-16-15-12(17)10-19-21(15)9-8-18-16/h4-10,13H,3H2,1-2H3,(H,18,20). The maximum atomic E-state index is 5.47. The van der Waals surface area contributed by atoms with Gasteiger partial charge in [-0.25, -0.2) is 9.50 Å². The minimum atomic E-state index is 0.108. The molecule has 1 atom stereocenters. The summed E-state index contributed by atoms with van der Waals surface area (Å²) in [4.78, 5) is 4.47. The van der Waals surface area contributed by atoms with Crippen LogP contribution in [0.3, 0.4) is 0 Å². The van der Waals surface area contributed by atoms with Crippen molar-refractivity contribution in [3.63, 3.8) is 0 Å². The molecule has 0 fully saturated rings. The summed E-state index contributed by atoms with van der Waals surface area (Å²) in [5.74, 6) is 1.67. The number of rotatable bonds is 5. The second-order valence-electron chi connectivity index (χ2n) is 4.91. The molecule has 0 radical (unpaired) electrons. The summed E-state index contributed by atoms with van der Waals surface area (Å²) >= 11 is 3.53. The molecule has 1 unspecified atom stereocenters. The fraction of sp³-hybridized carbons (Fsp3) is 0.250. The van der Waals surface area contributed by atoms with Crippen LogP contribution < -0.4 is 10.1 Å². The number of methoxy groups -OCH3 is 1. The van der Waals surface area contributed by atoms with Crippen molar-refractivity contribution in [2.75, 3.05) is 12.4 Å². The Hall–Kier alpha value is -2.08. The molecule has 2 aromatic heterocycles. The summed E-state index contributed by atoms with van der Waals surface area (Å²) in [6.07, 6.45) is 6.25. The first-order valence-corrected chi connectivity index (χ1v) is 7.91. The Labute approximate surface area is 137 Å². The third kappa shape index (κ3) is 2.66. The van der Waals surface area contributed by atoms with Crippen LogP contribution in [0.1, 0.15) is 24.9 Å². The van der Waals surface area contributed by atoms with Gasteiger partial charge in [-0.3, -0.25) is 0 Å². The molecule has 114 valence electrons. The Bertz CT molecular complexity index is 787. The van der Waals surface area contributed by atoms with Crippen LogP contribution in [0.25, 0.3) is 5.52 Å². The van der Waals surface area contributed by atoms with Gasteiger partial charge < -0.3 is 10.1 Å². The quantitative estimate of drug-likeness (QED) is 0.745. The number of hydrogen-bond donors (Lipinski definition) is 1. The van der Waals surface area contributed by atoms with Gasteiger partial charge in [0.15, 0.2) is 5.82 Å². The summed E-state index contributed by atoms with van der Waals surface area (Å²) < 4.78 is 8.19. The number of hydrogen-bond acceptors (Lipinski definition) is 4. The number of para-hydroxylation sites is 1. The molecule has 0 aliphatic heterocycles. The van der Waals surface area contributed by atoms with Crippen molar-refractivity contribution in [1.29, 1.82) is 0 Å². The Morgan fingerprint density at radius 2 is 2.18 bits per heavy atom. The molecule has 6 heteroatoms. The number of anilines is 1. The maximum Gasteiger partial charge on any atom is 0.153 e. The first-order valence-electron chi connectivity index (χ1n) is 7.12. The lowest BCUT2D eigenvalue weighted by molar-refractivity contribution is 0.406. The summed E-state index contributed by atoms with van der Waals surface area (Å²) in [6.45, 7) is 2.13. The van der Waals surface area contributed by atoms with Crippen LogP contribution in [0.4, 0.5) is 5.82 Å². The number of fused-ring (bicyclic) bond motifs is 1. The summed E-state index contributed by atoms with van der Waals surface area (Å²) in [6, 6.07) is 8.15. The van der Waals surface area contributed by atoms with Crippen LogP contribution in [-0.4, -0.2) is 21.7 Å². The van der Waals surface area contributed by atoms with Crippen LogP contribution in [0.2, 0.25) is 0 Å². The molecule has 0 amide bonds. The molecule has 5 nitrogen and oxygen atoms in total. The van der Waals surface area contributed by atoms with E-state index in [0.717, 1.165) is 33.5 Å². The molecular weight excluding hydrogens is 344 g/mol. The van der Waals surface area contributed by atoms with Gasteiger partial charge in [0.2, 0.25) is 0 Å². The number of halogens is 1. The van der Waals surface area contributed by atoms with Crippen LogP contribution >= 0.6 is 15.9 Å². The van der Waals surface area contributed by atoms with Crippen molar-refractivity contribution in [3.05, 3.63) is 52.9 Å². The number of ether oxygens (including phenoxy) is 1. The highest BCUT2D eigenvalue weighted by Crippen LogP contribution is 2.32. The van der Waals surface area contributed by atoms with E-state index in [-0.39, 0.29) is 6.04 Å². The fourth-order valence-electron chi connectivity index (χ4n) is 2.53. The molecule has 2 heterocycles. The average molecular weight is 361 g/mol. The molecule has 0 spiro atoms. The van der Waals surface area contributed by atoms with Crippen molar-refractivity contribution in [1.82, 2.24) is 14.6 Å². The first kappa shape index (κ1) is 14.8. The second-order valence-corrected chi connectivity index (χ2v) is 5.76. The lowest BCUT2D eigenvalue weighted by Crippen LogP contribution is -2.13. The zero-order chi connectivity index (χ0) is 15.5. The van der Waals surface area contributed by atoms with Gasteiger partial charge in [0.05, 0.1) is 23.8 Å². The molecular formula is C16H17BrN4O. The Morgan fingerprint density at radius 1 is 1.36 bits per heavy atom. The van der Waals surface area contributed by atoms with E-state index in [1.54, 1.807) is 24.0 Å². The van der Waals surface area contributed by atoms with E-state index in [9.17, 15) is 0 Å². The van der Waals surface area contributed by atoms with Crippen molar-refractivity contribution >= 4 is 27.3 Å². The van der Waals surface area contributed by atoms with Gasteiger partial charge in [0, 0.05) is 18.0 Å². The topological polar surface area (TPSA) is 51.5 Å². The highest BCUT2D eigenvalue weighted by atomic mass is 79.9. The number of benzene rings is 1. The number of aromatic nitrogens is 3. The Kier molecular flexibility index (Phi) is 4.29. The van der Waals surface area contributed by atoms with Gasteiger partial charge in [0.25, 0.3) is 0 Å². The highest BCUT2D eigenvalue weighted by molar-refractivity contribution is 9.10. The van der Waals surface area contributed by atoms with E-state index in [2.05, 4.69) is 44.3 Å². The van der Waals surface area contributed by atoms with E-state index in [4.69, 9.17) is 4.74 Å². The van der Waals surface area contributed by atoms with Crippen molar-refractivity contribution < 1.29 is 4.74 Å². The van der Waals surface area contributed by atoms with E-state index >= 15 is 0 Å². The minimum Gasteiger partial charge on any atom is -0.496 e. The molecule has 3 aromatic rings. The van der Waals surface area contributed by atoms with Crippen LogP contribution in [0.5, 0.6) is 5.75 Å². The SMILES string of the molecule is CCC(Nc1nccn2ncc(Br)c12)c1ccccc1OC. The van der Waals surface area contributed by atoms with Crippen LogP contribution in [0, 0.1) is 0 Å². The highest BCUT2D eigenvalue weighted by Gasteiger charge is 2.17. The monoisotopic (exact) mass is 360 g/mol. The lowest BCUT2D eigenvalue weighted by atomic mass is 10.0. The fourth-order valence-corrected chi connectivity index (χ4v) is 2.99. The predicted molar refractivity (Wildman–Crippen MR) is 90.3 cm³/mol. The third-order valence-electron chi connectivity index (χ3n) is 3.62. The molecule has 22 heavy (non-hydrogen) atoms. The minimum absolute atomic E-state index is 0.108. The number of nitrogens with zero attached hydrogens (tertiary/aromatic N) is 3. The van der Waals surface area contributed by atoms with Gasteiger partial charge in [-0.2, -0.15) is 5.10 Å². The van der Waals surface area contributed by atoms with Crippen molar-refractivity contribution in [2.24, 2.45) is 0 Å². The van der Waals surface area contributed by atoms with Gasteiger partial charge >= 0.3 is 0 Å². The Balaban J connectivity index is 2.00. The van der Waals surface area contributed by atoms with Gasteiger partial charge in [-0.1, -0.05) is 25.1 Å². The Morgan fingerprint density at radius 3 is 2.95 bits per heavy atom. The molecule has 3 rings (SSSR count). The number of nitrogens with one attached hydrogen (secondary N) is 1. The first-order chi connectivity index (χ1) is 10.7. The van der Waals surface area contributed by atoms with Crippen LogP contribution in [0.15, 0.2) is 47.3 Å². The maximum absolute atomic E-state index is 5.47. The zero-order valence-corrected chi connectivity index (χ0v) is 14.0. The largest absolute Gasteiger partial charge is 0.496 e. The van der Waals surface area contributed by atoms with Gasteiger partial charge in [0.1, 0.15) is 11.3 Å². The molecule has 0 saturated heterocycles. The average Bonchev–Trinajstić information content (AvgIpc) is 2.95. The van der Waals surface area contributed by atoms with Crippen LogP contribution in [-0.2, 0) is 0 Å². The van der Waals surface area contributed by atoms with E-state index < -0.39 is 0 Å². The van der Waals surface area contributed by atoms with Crippen molar-refractivity contribution in [2.45, 2.75) is 19.4 Å². The van der Waals surface area contributed by atoms with Gasteiger partial charge in [-0.05, 0) is 28.4 Å². The molecule has 0 saturated carbocycles. The zero-order valence-electron chi connectivity index (χ0n) is 12.5. The molecule has 0 bridgehead atoms. The predicted octanol–water partition coefficient (Wildman–Crippen LogP) is 4.06. The normalized spacial score (nSPS) is 12.3. The summed E-state index contributed by atoms with van der Waals surface area (Å²) in [5, 5.41) is 7.79. The summed E-state index contributed by atoms with van der Waals surface area (Å²) in [5.41, 5.74) is 2.04. The smallest absolute Gasteiger partial charge is 0.153 e. The van der Waals surface area contributed by atoms with E-state index in [0.29, 0.717) is 0 Å². The lowest BCUT2D eigenvalue weighted by Gasteiger charge is -2.20. The molecule has 0 aliphatic rings.